The molecule has 1 N–H and O–H groups in total. The highest BCUT2D eigenvalue weighted by atomic mass is 16.5. The van der Waals surface area contributed by atoms with Gasteiger partial charge in [-0.3, -0.25) is 5.10 Å². The Labute approximate surface area is 107 Å². The minimum atomic E-state index is 0.808. The summed E-state index contributed by atoms with van der Waals surface area (Å²) in [6.07, 6.45) is 0.821. The Balaban J connectivity index is 2.34. The molecule has 18 heavy (non-hydrogen) atoms. The summed E-state index contributed by atoms with van der Waals surface area (Å²) in [7, 11) is 3.32. The van der Waals surface area contributed by atoms with Crippen LogP contribution in [-0.2, 0) is 6.42 Å². The summed E-state index contributed by atoms with van der Waals surface area (Å²) < 4.78 is 10.5. The van der Waals surface area contributed by atoms with Crippen LogP contribution in [-0.4, -0.2) is 24.4 Å². The molecule has 0 aliphatic carbocycles. The summed E-state index contributed by atoms with van der Waals surface area (Å²) in [5.74, 6) is 1.62. The van der Waals surface area contributed by atoms with Crippen molar-refractivity contribution in [2.24, 2.45) is 0 Å². The van der Waals surface area contributed by atoms with Crippen LogP contribution < -0.4 is 9.47 Å². The van der Waals surface area contributed by atoms with Crippen LogP contribution in [0.5, 0.6) is 11.5 Å². The van der Waals surface area contributed by atoms with Crippen molar-refractivity contribution in [2.45, 2.75) is 20.3 Å². The molecule has 0 atom stereocenters. The van der Waals surface area contributed by atoms with Crippen LogP contribution in [0.25, 0.3) is 0 Å². The van der Waals surface area contributed by atoms with E-state index in [-0.39, 0.29) is 0 Å². The van der Waals surface area contributed by atoms with Gasteiger partial charge in [-0.2, -0.15) is 5.10 Å². The lowest BCUT2D eigenvalue weighted by molar-refractivity contribution is 0.393. The lowest BCUT2D eigenvalue weighted by atomic mass is 10.0. The van der Waals surface area contributed by atoms with Gasteiger partial charge in [0.25, 0.3) is 0 Å². The number of H-pyrrole nitrogens is 1. The van der Waals surface area contributed by atoms with Gasteiger partial charge in [0.2, 0.25) is 0 Å². The Morgan fingerprint density at radius 1 is 1.06 bits per heavy atom. The van der Waals surface area contributed by atoms with Gasteiger partial charge in [-0.15, -0.1) is 0 Å². The zero-order valence-corrected chi connectivity index (χ0v) is 11.2. The van der Waals surface area contributed by atoms with Crippen molar-refractivity contribution in [1.82, 2.24) is 10.2 Å². The Kier molecular flexibility index (Phi) is 3.55. The van der Waals surface area contributed by atoms with Gasteiger partial charge in [0.15, 0.2) is 0 Å². The van der Waals surface area contributed by atoms with Crippen LogP contribution in [0.4, 0.5) is 0 Å². The Morgan fingerprint density at radius 2 is 1.67 bits per heavy atom. The number of methoxy groups -OCH3 is 2. The van der Waals surface area contributed by atoms with Gasteiger partial charge in [-0.25, -0.2) is 0 Å². The molecule has 0 aliphatic heterocycles. The predicted molar refractivity (Wildman–Crippen MR) is 70.4 cm³/mol. The average molecular weight is 246 g/mol. The number of aromatic amines is 1. The van der Waals surface area contributed by atoms with E-state index >= 15 is 0 Å². The van der Waals surface area contributed by atoms with Crippen LogP contribution in [0.1, 0.15) is 22.5 Å². The molecule has 0 fully saturated rings. The number of aryl methyl sites for hydroxylation is 2. The molecule has 0 spiro atoms. The largest absolute Gasteiger partial charge is 0.497 e. The zero-order chi connectivity index (χ0) is 13.1. The van der Waals surface area contributed by atoms with Gasteiger partial charge in [0.1, 0.15) is 11.5 Å². The normalized spacial score (nSPS) is 10.4. The van der Waals surface area contributed by atoms with Crippen molar-refractivity contribution >= 4 is 0 Å². The Morgan fingerprint density at radius 3 is 2.11 bits per heavy atom. The Bertz CT molecular complexity index is 505. The molecule has 0 aliphatic rings. The van der Waals surface area contributed by atoms with Crippen LogP contribution in [0, 0.1) is 13.8 Å². The van der Waals surface area contributed by atoms with E-state index in [0.29, 0.717) is 0 Å². The van der Waals surface area contributed by atoms with Gasteiger partial charge in [0.05, 0.1) is 19.9 Å². The van der Waals surface area contributed by atoms with Crippen molar-refractivity contribution < 1.29 is 9.47 Å². The summed E-state index contributed by atoms with van der Waals surface area (Å²) >= 11 is 0. The molecular formula is C14H18N2O2. The number of aromatic nitrogens is 2. The second-order valence-corrected chi connectivity index (χ2v) is 4.31. The van der Waals surface area contributed by atoms with Gasteiger partial charge < -0.3 is 9.47 Å². The third-order valence-corrected chi connectivity index (χ3v) is 3.07. The van der Waals surface area contributed by atoms with E-state index in [0.717, 1.165) is 34.9 Å². The summed E-state index contributed by atoms with van der Waals surface area (Å²) in [6, 6.07) is 5.92. The van der Waals surface area contributed by atoms with Crippen LogP contribution >= 0.6 is 0 Å². The second kappa shape index (κ2) is 5.12. The van der Waals surface area contributed by atoms with Crippen molar-refractivity contribution in [1.29, 1.82) is 0 Å². The molecule has 1 aromatic heterocycles. The van der Waals surface area contributed by atoms with Gasteiger partial charge >= 0.3 is 0 Å². The quantitative estimate of drug-likeness (QED) is 0.902. The number of rotatable bonds is 4. The maximum atomic E-state index is 5.27. The molecule has 96 valence electrons. The van der Waals surface area contributed by atoms with E-state index in [4.69, 9.17) is 9.47 Å². The minimum Gasteiger partial charge on any atom is -0.497 e. The highest BCUT2D eigenvalue weighted by Crippen LogP contribution is 2.25. The number of hydrogen-bond donors (Lipinski definition) is 1. The SMILES string of the molecule is COc1cc(Cc2c(C)n[nH]c2C)cc(OC)c1. The molecule has 1 aromatic carbocycles. The number of hydrogen-bond acceptors (Lipinski definition) is 3. The fourth-order valence-corrected chi connectivity index (χ4v) is 2.01. The van der Waals surface area contributed by atoms with Gasteiger partial charge in [-0.1, -0.05) is 0 Å². The third kappa shape index (κ3) is 2.47. The molecular weight excluding hydrogens is 228 g/mol. The number of ether oxygens (including phenoxy) is 2. The molecule has 0 bridgehead atoms. The highest BCUT2D eigenvalue weighted by Gasteiger charge is 2.09. The molecule has 0 saturated carbocycles. The molecule has 0 unspecified atom stereocenters. The third-order valence-electron chi connectivity index (χ3n) is 3.07. The lowest BCUT2D eigenvalue weighted by Gasteiger charge is -2.08. The monoisotopic (exact) mass is 246 g/mol. The molecule has 2 aromatic rings. The van der Waals surface area contributed by atoms with Crippen molar-refractivity contribution in [3.8, 4) is 11.5 Å². The minimum absolute atomic E-state index is 0.808. The fraction of sp³-hybridized carbons (Fsp3) is 0.357. The topological polar surface area (TPSA) is 47.1 Å². The van der Waals surface area contributed by atoms with Crippen molar-refractivity contribution in [3.05, 3.63) is 40.7 Å². The van der Waals surface area contributed by atoms with Crippen LogP contribution in [0.2, 0.25) is 0 Å². The first-order valence-electron chi connectivity index (χ1n) is 5.86. The van der Waals surface area contributed by atoms with E-state index in [1.807, 2.05) is 32.0 Å². The Hall–Kier alpha value is -1.97. The molecule has 2 rings (SSSR count). The number of benzene rings is 1. The second-order valence-electron chi connectivity index (χ2n) is 4.31. The van der Waals surface area contributed by atoms with E-state index in [1.54, 1.807) is 14.2 Å². The zero-order valence-electron chi connectivity index (χ0n) is 11.2. The molecule has 0 amide bonds. The molecule has 0 radical (unpaired) electrons. The number of nitrogens with zero attached hydrogens (tertiary/aromatic N) is 1. The van der Waals surface area contributed by atoms with Crippen LogP contribution in [0.3, 0.4) is 0 Å². The maximum absolute atomic E-state index is 5.27. The fourth-order valence-electron chi connectivity index (χ4n) is 2.01. The van der Waals surface area contributed by atoms with Gasteiger partial charge in [-0.05, 0) is 31.5 Å². The first-order valence-corrected chi connectivity index (χ1v) is 5.86. The maximum Gasteiger partial charge on any atom is 0.122 e. The van der Waals surface area contributed by atoms with Crippen molar-refractivity contribution in [3.63, 3.8) is 0 Å². The highest BCUT2D eigenvalue weighted by molar-refractivity contribution is 5.41. The summed E-state index contributed by atoms with van der Waals surface area (Å²) in [6.45, 7) is 4.04. The number of nitrogens with one attached hydrogen (secondary N) is 1. The molecule has 1 heterocycles. The van der Waals surface area contributed by atoms with Crippen LogP contribution in [0.15, 0.2) is 18.2 Å². The summed E-state index contributed by atoms with van der Waals surface area (Å²) in [5.41, 5.74) is 4.52. The lowest BCUT2D eigenvalue weighted by Crippen LogP contribution is -1.95. The van der Waals surface area contributed by atoms with E-state index in [2.05, 4.69) is 10.2 Å². The molecule has 4 nitrogen and oxygen atoms in total. The average Bonchev–Trinajstić information content (AvgIpc) is 2.70. The van der Waals surface area contributed by atoms with E-state index in [1.165, 1.54) is 5.56 Å². The van der Waals surface area contributed by atoms with Gasteiger partial charge in [0, 0.05) is 23.7 Å². The predicted octanol–water partition coefficient (Wildman–Crippen LogP) is 2.63. The standard InChI is InChI=1S/C14H18N2O2/c1-9-14(10(2)16-15-9)7-11-5-12(17-3)8-13(6-11)18-4/h5-6,8H,7H2,1-4H3,(H,15,16). The smallest absolute Gasteiger partial charge is 0.122 e. The van der Waals surface area contributed by atoms with E-state index in [9.17, 15) is 0 Å². The molecule has 0 saturated heterocycles. The first kappa shape index (κ1) is 12.5. The first-order chi connectivity index (χ1) is 8.63. The van der Waals surface area contributed by atoms with E-state index < -0.39 is 0 Å². The summed E-state index contributed by atoms with van der Waals surface area (Å²) in [5, 5.41) is 7.21. The molecule has 4 heteroatoms. The summed E-state index contributed by atoms with van der Waals surface area (Å²) in [4.78, 5) is 0. The van der Waals surface area contributed by atoms with Crippen molar-refractivity contribution in [2.75, 3.05) is 14.2 Å².